The lowest BCUT2D eigenvalue weighted by Crippen LogP contribution is -2.43. The van der Waals surface area contributed by atoms with Crippen molar-refractivity contribution in [3.8, 4) is 0 Å². The van der Waals surface area contributed by atoms with Crippen LogP contribution in [-0.2, 0) is 16.0 Å². The molecule has 4 rings (SSSR count). The van der Waals surface area contributed by atoms with E-state index in [9.17, 15) is 9.59 Å². The number of carbonyl (C=O) groups is 2. The maximum Gasteiger partial charge on any atom is 0.324 e. The summed E-state index contributed by atoms with van der Waals surface area (Å²) in [6.07, 6.45) is 12.1. The molecule has 0 bridgehead atoms. The molecule has 2 aromatic rings. The predicted molar refractivity (Wildman–Crippen MR) is 145 cm³/mol. The van der Waals surface area contributed by atoms with Gasteiger partial charge in [0.05, 0.1) is 29.2 Å². The highest BCUT2D eigenvalue weighted by atomic mass is 16.6. The third kappa shape index (κ3) is 7.23. The van der Waals surface area contributed by atoms with Crippen LogP contribution in [0.15, 0.2) is 90.6 Å². The molecule has 1 aliphatic heterocycles. The van der Waals surface area contributed by atoms with Crippen LogP contribution in [0.4, 0.5) is 16.2 Å². The number of nitrogen functional groups attached to an aromatic ring is 1. The monoisotopic (exact) mass is 516 g/mol. The number of hydrogen-bond acceptors (Lipinski definition) is 7. The second-order valence-electron chi connectivity index (χ2n) is 9.10. The van der Waals surface area contributed by atoms with Gasteiger partial charge in [-0.2, -0.15) is 0 Å². The largest absolute Gasteiger partial charge is 0.463 e. The fraction of sp³-hybridized carbons (Fsp3) is 0.250. The van der Waals surface area contributed by atoms with Crippen molar-refractivity contribution in [2.45, 2.75) is 19.4 Å². The Labute approximate surface area is 222 Å². The van der Waals surface area contributed by atoms with Crippen molar-refractivity contribution in [2.75, 3.05) is 38.2 Å². The van der Waals surface area contributed by atoms with Crippen LogP contribution in [0.2, 0.25) is 0 Å². The number of nitrogens with two attached hydrogens (primary N) is 1. The Hall–Kier alpha value is -4.57. The summed E-state index contributed by atoms with van der Waals surface area (Å²) < 4.78 is 11.3. The number of nitrogens with one attached hydrogen (secondary N) is 2. The number of nitrogens with zero attached hydrogens (tertiary/aromatic N) is 3. The van der Waals surface area contributed by atoms with E-state index < -0.39 is 0 Å². The van der Waals surface area contributed by atoms with Crippen molar-refractivity contribution >= 4 is 23.3 Å². The number of rotatable bonds is 9. The van der Waals surface area contributed by atoms with E-state index in [0.29, 0.717) is 41.5 Å². The minimum absolute atomic E-state index is 0.206. The summed E-state index contributed by atoms with van der Waals surface area (Å²) >= 11 is 0. The maximum atomic E-state index is 13.2. The molecule has 0 unspecified atom stereocenters. The van der Waals surface area contributed by atoms with Gasteiger partial charge in [-0.1, -0.05) is 30.4 Å². The van der Waals surface area contributed by atoms with Crippen LogP contribution in [0.1, 0.15) is 28.9 Å². The molecule has 38 heavy (non-hydrogen) atoms. The number of urea groups is 1. The molecule has 1 aromatic carbocycles. The summed E-state index contributed by atoms with van der Waals surface area (Å²) in [5.74, 6) is 0.454. The van der Waals surface area contributed by atoms with Crippen LogP contribution >= 0.6 is 0 Å². The summed E-state index contributed by atoms with van der Waals surface area (Å²) in [5, 5.41) is 5.57. The smallest absolute Gasteiger partial charge is 0.324 e. The molecule has 198 valence electrons. The molecule has 10 heteroatoms. The molecule has 1 aliphatic carbocycles. The van der Waals surface area contributed by atoms with Gasteiger partial charge in [0, 0.05) is 19.3 Å². The lowest BCUT2D eigenvalue weighted by atomic mass is 10.0. The van der Waals surface area contributed by atoms with Crippen molar-refractivity contribution in [1.29, 1.82) is 0 Å². The van der Waals surface area contributed by atoms with Crippen LogP contribution in [0, 0.1) is 0 Å². The molecule has 0 atom stereocenters. The first-order valence-electron chi connectivity index (χ1n) is 12.3. The minimum Gasteiger partial charge on any atom is -0.463 e. The Kier molecular flexibility index (Phi) is 8.78. The molecular formula is C28H32N6O4. The maximum absolute atomic E-state index is 13.2. The van der Waals surface area contributed by atoms with E-state index >= 15 is 0 Å². The van der Waals surface area contributed by atoms with E-state index in [1.54, 1.807) is 41.3 Å². The Morgan fingerprint density at radius 2 is 1.92 bits per heavy atom. The second kappa shape index (κ2) is 12.6. The highest BCUT2D eigenvalue weighted by Crippen LogP contribution is 2.25. The standard InChI is InChI=1S/C28H32N6O4/c1-33(2)14-15-34(28(36)32-26-19-37-18-25(38-26)20-8-4-3-5-9-20)17-22-13-12-21(16-30-22)27(35)31-24-11-7-6-10-23(24)29/h3-4,6-8,10-13,16,18-19H,5,9,14-15,17,29H2,1-2H3,(H,31,35)(H,32,36). The van der Waals surface area contributed by atoms with Crippen molar-refractivity contribution < 1.29 is 19.1 Å². The van der Waals surface area contributed by atoms with Crippen LogP contribution in [0.5, 0.6) is 0 Å². The molecule has 3 amide bonds. The third-order valence-electron chi connectivity index (χ3n) is 5.88. The van der Waals surface area contributed by atoms with Gasteiger partial charge in [-0.15, -0.1) is 0 Å². The Balaban J connectivity index is 1.39. The van der Waals surface area contributed by atoms with E-state index in [2.05, 4.69) is 21.7 Å². The Bertz CT molecular complexity index is 1280. The predicted octanol–water partition coefficient (Wildman–Crippen LogP) is 3.95. The van der Waals surface area contributed by atoms with Crippen molar-refractivity contribution in [3.63, 3.8) is 0 Å². The van der Waals surface area contributed by atoms with Gasteiger partial charge in [-0.25, -0.2) is 4.79 Å². The normalized spacial score (nSPS) is 14.4. The molecule has 0 saturated carbocycles. The number of aromatic nitrogens is 1. The van der Waals surface area contributed by atoms with Crippen LogP contribution in [-0.4, -0.2) is 53.9 Å². The quantitative estimate of drug-likeness (QED) is 0.431. The van der Waals surface area contributed by atoms with Crippen molar-refractivity contribution in [2.24, 2.45) is 0 Å². The number of hydrogen-bond donors (Lipinski definition) is 3. The zero-order chi connectivity index (χ0) is 26.9. The fourth-order valence-electron chi connectivity index (χ4n) is 3.74. The van der Waals surface area contributed by atoms with E-state index in [-0.39, 0.29) is 24.4 Å². The number of allylic oxidation sites excluding steroid dienone is 4. The second-order valence-corrected chi connectivity index (χ2v) is 9.10. The number of para-hydroxylation sites is 2. The van der Waals surface area contributed by atoms with E-state index in [4.69, 9.17) is 15.2 Å². The van der Waals surface area contributed by atoms with Gasteiger partial charge in [0.15, 0.2) is 12.0 Å². The molecule has 0 radical (unpaired) electrons. The summed E-state index contributed by atoms with van der Waals surface area (Å²) in [4.78, 5) is 33.8. The molecule has 2 aliphatic rings. The number of likely N-dealkylation sites (N-methyl/N-ethyl adjacent to an activating group) is 1. The molecular weight excluding hydrogens is 484 g/mol. The van der Waals surface area contributed by atoms with Crippen LogP contribution in [0.3, 0.4) is 0 Å². The number of amides is 3. The summed E-state index contributed by atoms with van der Waals surface area (Å²) in [6, 6.07) is 10.1. The number of carbonyl (C=O) groups excluding carboxylic acids is 2. The molecule has 0 saturated heterocycles. The van der Waals surface area contributed by atoms with Crippen molar-refractivity contribution in [3.05, 3.63) is 102 Å². The van der Waals surface area contributed by atoms with Gasteiger partial charge in [-0.05, 0) is 56.8 Å². The highest BCUT2D eigenvalue weighted by molar-refractivity contribution is 6.05. The zero-order valence-electron chi connectivity index (χ0n) is 21.5. The van der Waals surface area contributed by atoms with Gasteiger partial charge in [0.2, 0.25) is 5.88 Å². The fourth-order valence-corrected chi connectivity index (χ4v) is 3.74. The van der Waals surface area contributed by atoms with Gasteiger partial charge in [0.1, 0.15) is 6.26 Å². The van der Waals surface area contributed by atoms with E-state index in [0.717, 1.165) is 18.4 Å². The first-order chi connectivity index (χ1) is 18.4. The van der Waals surface area contributed by atoms with Crippen molar-refractivity contribution in [1.82, 2.24) is 20.1 Å². The summed E-state index contributed by atoms with van der Waals surface area (Å²) in [6.45, 7) is 1.33. The van der Waals surface area contributed by atoms with E-state index in [1.807, 2.05) is 31.1 Å². The average molecular weight is 517 g/mol. The van der Waals surface area contributed by atoms with Gasteiger partial charge >= 0.3 is 6.03 Å². The van der Waals surface area contributed by atoms with Gasteiger partial charge < -0.3 is 30.3 Å². The summed E-state index contributed by atoms with van der Waals surface area (Å²) in [7, 11) is 3.87. The lowest BCUT2D eigenvalue weighted by molar-refractivity contribution is 0.102. The number of pyridine rings is 1. The van der Waals surface area contributed by atoms with Crippen LogP contribution < -0.4 is 16.4 Å². The molecule has 0 fully saturated rings. The summed E-state index contributed by atoms with van der Waals surface area (Å²) in [5.41, 5.74) is 8.93. The Morgan fingerprint density at radius 1 is 1.08 bits per heavy atom. The topological polar surface area (TPSA) is 122 Å². The molecule has 4 N–H and O–H groups in total. The lowest BCUT2D eigenvalue weighted by Gasteiger charge is -2.26. The van der Waals surface area contributed by atoms with Crippen LogP contribution in [0.25, 0.3) is 0 Å². The minimum atomic E-state index is -0.358. The first-order valence-corrected chi connectivity index (χ1v) is 12.3. The third-order valence-corrected chi connectivity index (χ3v) is 5.88. The highest BCUT2D eigenvalue weighted by Gasteiger charge is 2.21. The zero-order valence-corrected chi connectivity index (χ0v) is 21.5. The number of anilines is 2. The molecule has 0 spiro atoms. The Morgan fingerprint density at radius 3 is 2.63 bits per heavy atom. The SMILES string of the molecule is CN(C)CCN(Cc1ccc(C(=O)Nc2ccccc2N)cn1)C(=O)NC1=COC=C(C2=CC=CCC2)O1. The molecule has 10 nitrogen and oxygen atoms in total. The number of benzene rings is 1. The number of ether oxygens (including phenoxy) is 2. The first kappa shape index (κ1) is 26.5. The molecule has 2 heterocycles. The van der Waals surface area contributed by atoms with E-state index in [1.165, 1.54) is 18.7 Å². The molecule has 1 aromatic heterocycles. The van der Waals surface area contributed by atoms with Gasteiger partial charge in [0.25, 0.3) is 5.91 Å². The average Bonchev–Trinajstić information content (AvgIpc) is 2.93. The van der Waals surface area contributed by atoms with Gasteiger partial charge in [-0.3, -0.25) is 15.1 Å².